The zero-order valence-electron chi connectivity index (χ0n) is 19.0. The number of hydrogen-bond acceptors (Lipinski definition) is 6. The van der Waals surface area contributed by atoms with Gasteiger partial charge in [-0.15, -0.1) is 0 Å². The van der Waals surface area contributed by atoms with E-state index < -0.39 is 9.84 Å². The number of thioether (sulfide) groups is 1. The molecule has 1 fully saturated rings. The summed E-state index contributed by atoms with van der Waals surface area (Å²) in [5.41, 5.74) is 0.555. The molecular formula is C23H33N3O4S2. The summed E-state index contributed by atoms with van der Waals surface area (Å²) in [4.78, 5) is 32.6. The van der Waals surface area contributed by atoms with Crippen LogP contribution in [0.15, 0.2) is 34.2 Å². The average molecular weight is 480 g/mol. The van der Waals surface area contributed by atoms with Crippen LogP contribution in [0.4, 0.5) is 0 Å². The Morgan fingerprint density at radius 1 is 1.19 bits per heavy atom. The smallest absolute Gasteiger partial charge is 0.262 e. The lowest BCUT2D eigenvalue weighted by molar-refractivity contribution is -0.130. The lowest BCUT2D eigenvalue weighted by Crippen LogP contribution is -2.42. The summed E-state index contributed by atoms with van der Waals surface area (Å²) in [6, 6.07) is 7.03. The summed E-state index contributed by atoms with van der Waals surface area (Å²) in [5.74, 6) is 0.219. The SMILES string of the molecule is CCCCCCn1c(SCC(=O)N(CCC)C2CCS(=O)(=O)C2)nc2ccccc2c1=O. The molecule has 32 heavy (non-hydrogen) atoms. The van der Waals surface area contributed by atoms with Crippen LogP contribution in [0.3, 0.4) is 0 Å². The molecule has 1 aromatic heterocycles. The van der Waals surface area contributed by atoms with Gasteiger partial charge in [0.25, 0.3) is 5.56 Å². The Kier molecular flexibility index (Phi) is 8.76. The van der Waals surface area contributed by atoms with Gasteiger partial charge in [0.05, 0.1) is 28.2 Å². The number of rotatable bonds is 11. The van der Waals surface area contributed by atoms with Crippen molar-refractivity contribution in [1.82, 2.24) is 14.5 Å². The maximum absolute atomic E-state index is 13.1. The molecule has 9 heteroatoms. The summed E-state index contributed by atoms with van der Waals surface area (Å²) >= 11 is 1.27. The Labute approximate surface area is 194 Å². The maximum Gasteiger partial charge on any atom is 0.262 e. The summed E-state index contributed by atoms with van der Waals surface area (Å²) in [7, 11) is -3.07. The molecule has 1 amide bonds. The standard InChI is InChI=1S/C23H33N3O4S2/c1-3-5-6-9-14-26-22(28)19-10-7-8-11-20(19)24-23(26)31-16-21(27)25(13-4-2)18-12-15-32(29,30)17-18/h7-8,10-11,18H,3-6,9,12-17H2,1-2H3. The second-order valence-electron chi connectivity index (χ2n) is 8.36. The van der Waals surface area contributed by atoms with Gasteiger partial charge < -0.3 is 4.90 Å². The number of sulfone groups is 1. The molecule has 0 aliphatic carbocycles. The van der Waals surface area contributed by atoms with Gasteiger partial charge in [-0.25, -0.2) is 13.4 Å². The molecule has 0 spiro atoms. The molecule has 0 saturated carbocycles. The third-order valence-corrected chi connectivity index (χ3v) is 8.53. The van der Waals surface area contributed by atoms with Crippen LogP contribution in [0.5, 0.6) is 0 Å². The summed E-state index contributed by atoms with van der Waals surface area (Å²) < 4.78 is 25.5. The van der Waals surface area contributed by atoms with Crippen molar-refractivity contribution in [3.63, 3.8) is 0 Å². The molecule has 176 valence electrons. The molecule has 7 nitrogen and oxygen atoms in total. The number of benzene rings is 1. The van der Waals surface area contributed by atoms with Crippen molar-refractivity contribution in [3.8, 4) is 0 Å². The number of carbonyl (C=O) groups excluding carboxylic acids is 1. The fourth-order valence-corrected chi connectivity index (χ4v) is 6.78. The minimum absolute atomic E-state index is 0.0414. The number of hydrogen-bond donors (Lipinski definition) is 0. The van der Waals surface area contributed by atoms with E-state index in [9.17, 15) is 18.0 Å². The van der Waals surface area contributed by atoms with E-state index in [-0.39, 0.29) is 34.8 Å². The fraction of sp³-hybridized carbons (Fsp3) is 0.609. The van der Waals surface area contributed by atoms with Crippen molar-refractivity contribution in [1.29, 1.82) is 0 Å². The van der Waals surface area contributed by atoms with Gasteiger partial charge in [0.15, 0.2) is 15.0 Å². The van der Waals surface area contributed by atoms with Crippen LogP contribution in [-0.2, 0) is 21.2 Å². The molecule has 3 rings (SSSR count). The Bertz CT molecular complexity index is 1100. The average Bonchev–Trinajstić information content (AvgIpc) is 3.14. The third kappa shape index (κ3) is 6.13. The number of amides is 1. The minimum atomic E-state index is -3.07. The fourth-order valence-electron chi connectivity index (χ4n) is 4.13. The molecule has 1 atom stereocenters. The van der Waals surface area contributed by atoms with Gasteiger partial charge in [-0.2, -0.15) is 0 Å². The Morgan fingerprint density at radius 3 is 2.66 bits per heavy atom. The predicted molar refractivity (Wildman–Crippen MR) is 130 cm³/mol. The lowest BCUT2D eigenvalue weighted by Gasteiger charge is -2.28. The third-order valence-electron chi connectivity index (χ3n) is 5.82. The molecule has 0 radical (unpaired) electrons. The first-order valence-corrected chi connectivity index (χ1v) is 14.3. The first-order chi connectivity index (χ1) is 15.4. The molecule has 1 unspecified atom stereocenters. The second kappa shape index (κ2) is 11.3. The zero-order valence-corrected chi connectivity index (χ0v) is 20.6. The molecular weight excluding hydrogens is 446 g/mol. The van der Waals surface area contributed by atoms with E-state index in [0.717, 1.165) is 32.1 Å². The van der Waals surface area contributed by atoms with Crippen molar-refractivity contribution in [2.75, 3.05) is 23.8 Å². The highest BCUT2D eigenvalue weighted by Crippen LogP contribution is 2.22. The molecule has 1 aliphatic heterocycles. The zero-order chi connectivity index (χ0) is 23.1. The number of carbonyl (C=O) groups is 1. The van der Waals surface area contributed by atoms with E-state index >= 15 is 0 Å². The van der Waals surface area contributed by atoms with Crippen LogP contribution in [0.2, 0.25) is 0 Å². The van der Waals surface area contributed by atoms with Crippen molar-refractivity contribution < 1.29 is 13.2 Å². The molecule has 1 aliphatic rings. The molecule has 2 aromatic rings. The molecule has 1 aromatic carbocycles. The van der Waals surface area contributed by atoms with Crippen LogP contribution in [0.25, 0.3) is 10.9 Å². The van der Waals surface area contributed by atoms with Gasteiger partial charge in [-0.3, -0.25) is 14.2 Å². The highest BCUT2D eigenvalue weighted by Gasteiger charge is 2.34. The van der Waals surface area contributed by atoms with Crippen LogP contribution in [0, 0.1) is 0 Å². The minimum Gasteiger partial charge on any atom is -0.338 e. The highest BCUT2D eigenvalue weighted by molar-refractivity contribution is 7.99. The Morgan fingerprint density at radius 2 is 1.97 bits per heavy atom. The van der Waals surface area contributed by atoms with Crippen molar-refractivity contribution in [2.24, 2.45) is 0 Å². The second-order valence-corrected chi connectivity index (χ2v) is 11.5. The first kappa shape index (κ1) is 24.8. The number of unbranched alkanes of at least 4 members (excludes halogenated alkanes) is 3. The maximum atomic E-state index is 13.1. The van der Waals surface area contributed by atoms with E-state index in [4.69, 9.17) is 4.98 Å². The topological polar surface area (TPSA) is 89.3 Å². The van der Waals surface area contributed by atoms with Gasteiger partial charge in [0.1, 0.15) is 0 Å². The Hall–Kier alpha value is -1.87. The number of aromatic nitrogens is 2. The van der Waals surface area contributed by atoms with Gasteiger partial charge in [0, 0.05) is 19.1 Å². The van der Waals surface area contributed by atoms with Crippen molar-refractivity contribution in [2.45, 2.75) is 70.1 Å². The largest absolute Gasteiger partial charge is 0.338 e. The predicted octanol–water partition coefficient (Wildman–Crippen LogP) is 3.49. The van der Waals surface area contributed by atoms with E-state index in [0.29, 0.717) is 35.6 Å². The summed E-state index contributed by atoms with van der Waals surface area (Å²) in [5, 5.41) is 1.14. The van der Waals surface area contributed by atoms with Crippen LogP contribution in [-0.4, -0.2) is 58.6 Å². The normalized spacial score (nSPS) is 17.6. The Balaban J connectivity index is 1.80. The summed E-state index contributed by atoms with van der Waals surface area (Å²) in [6.45, 7) is 5.24. The van der Waals surface area contributed by atoms with Crippen LogP contribution in [0.1, 0.15) is 52.4 Å². The van der Waals surface area contributed by atoms with Crippen LogP contribution >= 0.6 is 11.8 Å². The molecule has 2 heterocycles. The number of nitrogens with zero attached hydrogens (tertiary/aromatic N) is 3. The van der Waals surface area contributed by atoms with Gasteiger partial charge in [-0.05, 0) is 31.4 Å². The first-order valence-electron chi connectivity index (χ1n) is 11.5. The van der Waals surface area contributed by atoms with E-state index in [2.05, 4.69) is 6.92 Å². The van der Waals surface area contributed by atoms with Gasteiger partial charge >= 0.3 is 0 Å². The van der Waals surface area contributed by atoms with E-state index in [1.165, 1.54) is 11.8 Å². The van der Waals surface area contributed by atoms with Crippen molar-refractivity contribution in [3.05, 3.63) is 34.6 Å². The summed E-state index contributed by atoms with van der Waals surface area (Å²) in [6.07, 6.45) is 5.42. The molecule has 0 bridgehead atoms. The number of fused-ring (bicyclic) bond motifs is 1. The monoisotopic (exact) mass is 479 g/mol. The van der Waals surface area contributed by atoms with Crippen LogP contribution < -0.4 is 5.56 Å². The van der Waals surface area contributed by atoms with Gasteiger partial charge in [0.2, 0.25) is 5.91 Å². The van der Waals surface area contributed by atoms with Crippen molar-refractivity contribution >= 4 is 38.4 Å². The lowest BCUT2D eigenvalue weighted by atomic mass is 10.2. The number of para-hydroxylation sites is 1. The van der Waals surface area contributed by atoms with E-state index in [1.54, 1.807) is 15.5 Å². The highest BCUT2D eigenvalue weighted by atomic mass is 32.2. The van der Waals surface area contributed by atoms with Gasteiger partial charge in [-0.1, -0.05) is 57.0 Å². The molecule has 1 saturated heterocycles. The quantitative estimate of drug-likeness (QED) is 0.278. The van der Waals surface area contributed by atoms with E-state index in [1.807, 2.05) is 25.1 Å². The molecule has 0 N–H and O–H groups in total.